The Hall–Kier alpha value is -0.810. The van der Waals surface area contributed by atoms with E-state index in [0.717, 1.165) is 19.4 Å². The Bertz CT molecular complexity index is 220. The molecule has 0 aromatic rings. The number of nitrogens with one attached hydrogen (secondary N) is 1. The highest BCUT2D eigenvalue weighted by Gasteiger charge is 2.28. The van der Waals surface area contributed by atoms with E-state index in [-0.39, 0.29) is 18.7 Å². The zero-order valence-corrected chi connectivity index (χ0v) is 10.7. The van der Waals surface area contributed by atoms with Crippen LogP contribution in [0.25, 0.3) is 0 Å². The van der Waals surface area contributed by atoms with Gasteiger partial charge in [0.05, 0.1) is 6.61 Å². The van der Waals surface area contributed by atoms with Crippen molar-refractivity contribution >= 4 is 6.03 Å². The Morgan fingerprint density at radius 3 is 2.88 bits per heavy atom. The smallest absolute Gasteiger partial charge is 0.314 e. The number of nitrogens with two attached hydrogens (primary N) is 1. The van der Waals surface area contributed by atoms with E-state index in [4.69, 9.17) is 10.8 Å². The number of hydrogen-bond acceptors (Lipinski definition) is 3. The minimum Gasteiger partial charge on any atom is -0.395 e. The molecule has 5 nitrogen and oxygen atoms in total. The zero-order valence-electron chi connectivity index (χ0n) is 10.7. The van der Waals surface area contributed by atoms with Crippen molar-refractivity contribution in [3.63, 3.8) is 0 Å². The second-order valence-electron chi connectivity index (χ2n) is 4.86. The van der Waals surface area contributed by atoms with Crippen LogP contribution in [0.1, 0.15) is 32.6 Å². The third-order valence-corrected chi connectivity index (χ3v) is 3.36. The minimum absolute atomic E-state index is 0.132. The number of rotatable bonds is 6. The molecule has 4 N–H and O–H groups in total. The van der Waals surface area contributed by atoms with Gasteiger partial charge in [-0.15, -0.1) is 0 Å². The molecule has 0 saturated carbocycles. The van der Waals surface area contributed by atoms with Gasteiger partial charge in [0, 0.05) is 25.7 Å². The molecule has 0 aromatic heterocycles. The number of carbonyl (C=O) groups excluding carboxylic acids is 1. The maximum Gasteiger partial charge on any atom is 0.314 e. The molecule has 2 amide bonds. The van der Waals surface area contributed by atoms with Crippen LogP contribution >= 0.6 is 0 Å². The number of amides is 2. The zero-order chi connectivity index (χ0) is 12.7. The first-order valence-corrected chi connectivity index (χ1v) is 6.56. The summed E-state index contributed by atoms with van der Waals surface area (Å²) in [4.78, 5) is 13.0. The van der Waals surface area contributed by atoms with Crippen molar-refractivity contribution in [1.82, 2.24) is 10.2 Å². The normalized spacial score (nSPS) is 24.9. The van der Waals surface area contributed by atoms with Crippen LogP contribution in [-0.4, -0.2) is 48.3 Å². The van der Waals surface area contributed by atoms with Crippen molar-refractivity contribution < 1.29 is 9.90 Å². The van der Waals surface area contributed by atoms with E-state index in [9.17, 15) is 4.79 Å². The first-order chi connectivity index (χ1) is 8.17. The van der Waals surface area contributed by atoms with Gasteiger partial charge in [0.2, 0.25) is 0 Å². The topological polar surface area (TPSA) is 78.6 Å². The molecular formula is C12H25N3O2. The molecule has 1 heterocycles. The number of hydrogen-bond donors (Lipinski definition) is 3. The van der Waals surface area contributed by atoms with Gasteiger partial charge in [-0.2, -0.15) is 0 Å². The van der Waals surface area contributed by atoms with Crippen LogP contribution in [0.4, 0.5) is 4.79 Å². The minimum atomic E-state index is -0.331. The number of likely N-dealkylation sites (tertiary alicyclic amines) is 1. The summed E-state index contributed by atoms with van der Waals surface area (Å²) >= 11 is 0. The largest absolute Gasteiger partial charge is 0.395 e. The van der Waals surface area contributed by atoms with Gasteiger partial charge in [0.1, 0.15) is 0 Å². The summed E-state index contributed by atoms with van der Waals surface area (Å²) in [6.45, 7) is 4.34. The number of aliphatic hydroxyl groups is 1. The van der Waals surface area contributed by atoms with Crippen LogP contribution in [0.15, 0.2) is 0 Å². The Morgan fingerprint density at radius 2 is 2.29 bits per heavy atom. The summed E-state index contributed by atoms with van der Waals surface area (Å²) in [5.74, 6) is 0.535. The first kappa shape index (κ1) is 14.3. The molecule has 1 saturated heterocycles. The quantitative estimate of drug-likeness (QED) is 0.636. The number of carbonyl (C=O) groups is 1. The van der Waals surface area contributed by atoms with Gasteiger partial charge in [-0.05, 0) is 18.8 Å². The fourth-order valence-electron chi connectivity index (χ4n) is 2.50. The average Bonchev–Trinajstić information content (AvgIpc) is 2.33. The molecule has 1 aliphatic rings. The van der Waals surface area contributed by atoms with Crippen molar-refractivity contribution in [3.05, 3.63) is 0 Å². The van der Waals surface area contributed by atoms with E-state index in [0.29, 0.717) is 19.0 Å². The van der Waals surface area contributed by atoms with E-state index < -0.39 is 0 Å². The molecule has 0 aromatic carbocycles. The SMILES string of the molecule is CCCCC1CC(NCCO)CN(C(N)=O)C1. The highest BCUT2D eigenvalue weighted by molar-refractivity contribution is 5.72. The van der Waals surface area contributed by atoms with Gasteiger partial charge in [0.15, 0.2) is 0 Å². The summed E-state index contributed by atoms with van der Waals surface area (Å²) in [7, 11) is 0. The van der Waals surface area contributed by atoms with Crippen LogP contribution in [0, 0.1) is 5.92 Å². The molecule has 0 bridgehead atoms. The second-order valence-corrected chi connectivity index (χ2v) is 4.86. The summed E-state index contributed by atoms with van der Waals surface area (Å²) < 4.78 is 0. The molecule has 1 fully saturated rings. The highest BCUT2D eigenvalue weighted by Crippen LogP contribution is 2.21. The number of piperidine rings is 1. The van der Waals surface area contributed by atoms with E-state index in [1.807, 2.05) is 0 Å². The fourth-order valence-corrected chi connectivity index (χ4v) is 2.50. The van der Waals surface area contributed by atoms with Gasteiger partial charge in [-0.3, -0.25) is 0 Å². The molecule has 0 radical (unpaired) electrons. The molecule has 17 heavy (non-hydrogen) atoms. The van der Waals surface area contributed by atoms with Crippen LogP contribution < -0.4 is 11.1 Å². The summed E-state index contributed by atoms with van der Waals surface area (Å²) in [5, 5.41) is 12.1. The van der Waals surface area contributed by atoms with E-state index >= 15 is 0 Å². The van der Waals surface area contributed by atoms with Gasteiger partial charge in [0.25, 0.3) is 0 Å². The molecule has 1 rings (SSSR count). The van der Waals surface area contributed by atoms with E-state index in [1.54, 1.807) is 4.90 Å². The molecule has 1 aliphatic heterocycles. The van der Waals surface area contributed by atoms with Crippen molar-refractivity contribution in [1.29, 1.82) is 0 Å². The molecule has 0 spiro atoms. The molecular weight excluding hydrogens is 218 g/mol. The maximum atomic E-state index is 11.3. The van der Waals surface area contributed by atoms with Crippen molar-refractivity contribution in [2.45, 2.75) is 38.6 Å². The Morgan fingerprint density at radius 1 is 1.53 bits per heavy atom. The summed E-state index contributed by atoms with van der Waals surface area (Å²) in [6, 6.07) is -0.0627. The van der Waals surface area contributed by atoms with Gasteiger partial charge in [-0.1, -0.05) is 19.8 Å². The standard InChI is InChI=1S/C12H25N3O2/c1-2-3-4-10-7-11(14-5-6-16)9-15(8-10)12(13)17/h10-11,14,16H,2-9H2,1H3,(H2,13,17). The predicted octanol–water partition coefficient (Wildman–Crippen LogP) is 0.528. The van der Waals surface area contributed by atoms with Crippen molar-refractivity contribution in [2.75, 3.05) is 26.2 Å². The number of nitrogens with zero attached hydrogens (tertiary/aromatic N) is 1. The van der Waals surface area contributed by atoms with Crippen molar-refractivity contribution in [2.24, 2.45) is 11.7 Å². The van der Waals surface area contributed by atoms with Crippen molar-refractivity contribution in [3.8, 4) is 0 Å². The van der Waals surface area contributed by atoms with Gasteiger partial charge >= 0.3 is 6.03 Å². The monoisotopic (exact) mass is 243 g/mol. The predicted molar refractivity (Wildman–Crippen MR) is 67.7 cm³/mol. The third kappa shape index (κ3) is 4.91. The lowest BCUT2D eigenvalue weighted by molar-refractivity contribution is 0.145. The fraction of sp³-hybridized carbons (Fsp3) is 0.917. The molecule has 0 aliphatic carbocycles. The van der Waals surface area contributed by atoms with Gasteiger partial charge < -0.3 is 21.1 Å². The second kappa shape index (κ2) is 7.50. The van der Waals surface area contributed by atoms with E-state index in [2.05, 4.69) is 12.2 Å². The number of unbranched alkanes of at least 4 members (excludes halogenated alkanes) is 1. The number of urea groups is 1. The molecule has 2 unspecified atom stereocenters. The van der Waals surface area contributed by atoms with Crippen LogP contribution in [0.2, 0.25) is 0 Å². The summed E-state index contributed by atoms with van der Waals surface area (Å²) in [5.41, 5.74) is 5.36. The first-order valence-electron chi connectivity index (χ1n) is 6.56. The Labute approximate surface area is 103 Å². The number of primary amides is 1. The molecule has 5 heteroatoms. The Balaban J connectivity index is 2.46. The molecule has 2 atom stereocenters. The Kier molecular flexibility index (Phi) is 6.29. The van der Waals surface area contributed by atoms with Crippen LogP contribution in [0.3, 0.4) is 0 Å². The van der Waals surface area contributed by atoms with Gasteiger partial charge in [-0.25, -0.2) is 4.79 Å². The molecule has 100 valence electrons. The maximum absolute atomic E-state index is 11.3. The summed E-state index contributed by atoms with van der Waals surface area (Å²) in [6.07, 6.45) is 4.60. The van der Waals surface area contributed by atoms with Crippen LogP contribution in [-0.2, 0) is 0 Å². The average molecular weight is 243 g/mol. The third-order valence-electron chi connectivity index (χ3n) is 3.36. The van der Waals surface area contributed by atoms with E-state index in [1.165, 1.54) is 12.8 Å². The number of aliphatic hydroxyl groups excluding tert-OH is 1. The lowest BCUT2D eigenvalue weighted by atomic mass is 9.90. The highest BCUT2D eigenvalue weighted by atomic mass is 16.3. The lowest BCUT2D eigenvalue weighted by Crippen LogP contribution is -2.53. The lowest BCUT2D eigenvalue weighted by Gasteiger charge is -2.37. The van der Waals surface area contributed by atoms with Crippen LogP contribution in [0.5, 0.6) is 0 Å².